The largest absolute Gasteiger partial charge is 0.387 e. The summed E-state index contributed by atoms with van der Waals surface area (Å²) in [5.74, 6) is -0.0521. The van der Waals surface area contributed by atoms with Crippen LogP contribution in [0.15, 0.2) is 42.6 Å². The van der Waals surface area contributed by atoms with E-state index in [-0.39, 0.29) is 18.3 Å². The van der Waals surface area contributed by atoms with E-state index >= 15 is 0 Å². The first-order valence-electron chi connectivity index (χ1n) is 7.18. The maximum atomic E-state index is 12.9. The molecule has 1 aliphatic heterocycles. The molecule has 0 saturated heterocycles. The van der Waals surface area contributed by atoms with E-state index in [1.807, 2.05) is 18.2 Å². The zero-order chi connectivity index (χ0) is 16.3. The number of pyridine rings is 1. The number of fused-ring (bicyclic) bond motifs is 1. The van der Waals surface area contributed by atoms with Crippen LogP contribution >= 0.6 is 0 Å². The predicted molar refractivity (Wildman–Crippen MR) is 80.1 cm³/mol. The van der Waals surface area contributed by atoms with Gasteiger partial charge < -0.3 is 0 Å². The number of nitrogens with zero attached hydrogens (tertiary/aromatic N) is 3. The van der Waals surface area contributed by atoms with Crippen LogP contribution < -0.4 is 4.84 Å². The number of hydrogen-bond acceptors (Lipinski definition) is 5. The van der Waals surface area contributed by atoms with Gasteiger partial charge in [-0.05, 0) is 17.7 Å². The third-order valence-corrected chi connectivity index (χ3v) is 3.86. The summed E-state index contributed by atoms with van der Waals surface area (Å²) < 4.78 is -0.445. The highest BCUT2D eigenvalue weighted by Gasteiger charge is 2.45. The van der Waals surface area contributed by atoms with E-state index in [1.165, 1.54) is 12.3 Å². The minimum Gasteiger partial charge on any atom is -0.297 e. The SMILES string of the molecule is N#Cc1ccc(O[N+]2(CC=O)CCc3ccccc3C2=O)nc1. The van der Waals surface area contributed by atoms with Crippen molar-refractivity contribution in [2.75, 3.05) is 13.1 Å². The third kappa shape index (κ3) is 2.70. The van der Waals surface area contributed by atoms with Crippen LogP contribution in [0.3, 0.4) is 0 Å². The molecule has 6 nitrogen and oxygen atoms in total. The molecule has 1 amide bonds. The lowest BCUT2D eigenvalue weighted by Gasteiger charge is -2.34. The molecular formula is C17H14N3O3+. The number of nitriles is 1. The van der Waals surface area contributed by atoms with Crippen molar-refractivity contribution < 1.29 is 19.1 Å². The standard InChI is InChI=1S/C17H14N3O3/c18-11-13-5-6-16(19-12-13)23-20(9-10-21)8-7-14-3-1-2-4-15(14)17(20)22/h1-6,10,12H,7-9H2/q+1. The maximum absolute atomic E-state index is 12.9. The molecule has 0 bridgehead atoms. The van der Waals surface area contributed by atoms with Crippen LogP contribution in [-0.4, -0.2) is 34.9 Å². The molecule has 1 atom stereocenters. The molecule has 0 N–H and O–H groups in total. The molecule has 2 aromatic rings. The third-order valence-electron chi connectivity index (χ3n) is 3.86. The van der Waals surface area contributed by atoms with Crippen molar-refractivity contribution in [3.05, 3.63) is 59.3 Å². The van der Waals surface area contributed by atoms with E-state index in [1.54, 1.807) is 18.2 Å². The average Bonchev–Trinajstić information content (AvgIpc) is 2.59. The van der Waals surface area contributed by atoms with Gasteiger partial charge in [0.2, 0.25) is 0 Å². The van der Waals surface area contributed by atoms with Gasteiger partial charge in [-0.1, -0.05) is 22.8 Å². The summed E-state index contributed by atoms with van der Waals surface area (Å²) in [5.41, 5.74) is 1.91. The van der Waals surface area contributed by atoms with Crippen molar-refractivity contribution in [3.8, 4) is 11.9 Å². The molecule has 2 heterocycles. The number of aldehydes is 1. The smallest absolute Gasteiger partial charge is 0.297 e. The number of carbonyl (C=O) groups excluding carboxylic acids is 2. The summed E-state index contributed by atoms with van der Waals surface area (Å²) in [7, 11) is 0. The lowest BCUT2D eigenvalue weighted by molar-refractivity contribution is -1.00. The van der Waals surface area contributed by atoms with Gasteiger partial charge in [-0.2, -0.15) is 5.26 Å². The van der Waals surface area contributed by atoms with Crippen LogP contribution in [0.1, 0.15) is 21.5 Å². The van der Waals surface area contributed by atoms with Gasteiger partial charge >= 0.3 is 5.91 Å². The average molecular weight is 308 g/mol. The zero-order valence-corrected chi connectivity index (χ0v) is 12.3. The van der Waals surface area contributed by atoms with Gasteiger partial charge in [-0.3, -0.25) is 9.63 Å². The van der Waals surface area contributed by atoms with E-state index in [9.17, 15) is 9.59 Å². The molecule has 0 fully saturated rings. The van der Waals surface area contributed by atoms with Gasteiger partial charge in [0.1, 0.15) is 12.6 Å². The topological polar surface area (TPSA) is 80.0 Å². The van der Waals surface area contributed by atoms with Gasteiger partial charge in [0, 0.05) is 18.7 Å². The minimum absolute atomic E-state index is 0.0884. The Hall–Kier alpha value is -3.04. The fourth-order valence-electron chi connectivity index (χ4n) is 2.67. The molecule has 1 unspecified atom stereocenters. The predicted octanol–water partition coefficient (Wildman–Crippen LogP) is 1.66. The van der Waals surface area contributed by atoms with E-state index < -0.39 is 4.65 Å². The van der Waals surface area contributed by atoms with Crippen LogP contribution in [0.2, 0.25) is 0 Å². The first-order valence-corrected chi connectivity index (χ1v) is 7.18. The monoisotopic (exact) mass is 308 g/mol. The highest BCUT2D eigenvalue weighted by molar-refractivity contribution is 5.91. The molecule has 1 aliphatic rings. The molecule has 0 saturated carbocycles. The van der Waals surface area contributed by atoms with Gasteiger partial charge in [-0.25, -0.2) is 9.78 Å². The molecule has 0 radical (unpaired) electrons. The second-order valence-electron chi connectivity index (χ2n) is 5.26. The second kappa shape index (κ2) is 5.99. The zero-order valence-electron chi connectivity index (χ0n) is 12.3. The number of quaternary nitrogens is 1. The number of amides is 1. The summed E-state index contributed by atoms with van der Waals surface area (Å²) >= 11 is 0. The highest BCUT2D eigenvalue weighted by atomic mass is 16.7. The van der Waals surface area contributed by atoms with Gasteiger partial charge in [0.25, 0.3) is 5.88 Å². The Bertz CT molecular complexity index is 795. The van der Waals surface area contributed by atoms with Crippen molar-refractivity contribution >= 4 is 12.2 Å². The minimum atomic E-state index is -0.445. The number of rotatable bonds is 4. The van der Waals surface area contributed by atoms with Gasteiger partial charge in [-0.15, -0.1) is 0 Å². The molecule has 3 rings (SSSR count). The van der Waals surface area contributed by atoms with Crippen LogP contribution in [-0.2, 0) is 11.2 Å². The Morgan fingerprint density at radius 2 is 2.13 bits per heavy atom. The first kappa shape index (κ1) is 14.9. The number of aromatic nitrogens is 1. The Morgan fingerprint density at radius 3 is 2.83 bits per heavy atom. The second-order valence-corrected chi connectivity index (χ2v) is 5.26. The summed E-state index contributed by atoms with van der Waals surface area (Å²) in [6.07, 6.45) is 2.68. The summed E-state index contributed by atoms with van der Waals surface area (Å²) in [6, 6.07) is 12.4. The fraction of sp³-hybridized carbons (Fsp3) is 0.176. The van der Waals surface area contributed by atoms with E-state index in [0.29, 0.717) is 30.4 Å². The molecule has 0 spiro atoms. The van der Waals surface area contributed by atoms with Crippen molar-refractivity contribution in [3.63, 3.8) is 0 Å². The van der Waals surface area contributed by atoms with Crippen molar-refractivity contribution in [1.82, 2.24) is 4.98 Å². The van der Waals surface area contributed by atoms with Crippen molar-refractivity contribution in [2.24, 2.45) is 0 Å². The summed E-state index contributed by atoms with van der Waals surface area (Å²) in [5, 5.41) is 8.80. The van der Waals surface area contributed by atoms with Crippen molar-refractivity contribution in [1.29, 1.82) is 5.26 Å². The normalized spacial score (nSPS) is 19.5. The number of carbonyl (C=O) groups is 2. The molecule has 23 heavy (non-hydrogen) atoms. The first-order chi connectivity index (χ1) is 11.2. The Kier molecular flexibility index (Phi) is 3.87. The number of benzene rings is 1. The van der Waals surface area contributed by atoms with Crippen LogP contribution in [0.4, 0.5) is 0 Å². The lowest BCUT2D eigenvalue weighted by atomic mass is 9.99. The molecule has 1 aromatic carbocycles. The van der Waals surface area contributed by atoms with Gasteiger partial charge in [0.05, 0.1) is 11.1 Å². The number of hydrogen-bond donors (Lipinski definition) is 0. The summed E-state index contributed by atoms with van der Waals surface area (Å²) in [6.45, 7) is 0.269. The molecular weight excluding hydrogens is 294 g/mol. The Balaban J connectivity index is 1.96. The lowest BCUT2D eigenvalue weighted by Crippen LogP contribution is -2.59. The molecule has 1 aromatic heterocycles. The summed E-state index contributed by atoms with van der Waals surface area (Å²) in [4.78, 5) is 33.8. The molecule has 114 valence electrons. The van der Waals surface area contributed by atoms with Crippen LogP contribution in [0, 0.1) is 11.3 Å². The Labute approximate surface area is 133 Å². The van der Waals surface area contributed by atoms with E-state index in [2.05, 4.69) is 4.98 Å². The number of hydroxylamine groups is 3. The van der Waals surface area contributed by atoms with Crippen molar-refractivity contribution in [2.45, 2.75) is 6.42 Å². The maximum Gasteiger partial charge on any atom is 0.387 e. The van der Waals surface area contributed by atoms with Crippen LogP contribution in [0.25, 0.3) is 0 Å². The van der Waals surface area contributed by atoms with E-state index in [4.69, 9.17) is 10.1 Å². The van der Waals surface area contributed by atoms with E-state index in [0.717, 1.165) is 5.56 Å². The Morgan fingerprint density at radius 1 is 1.30 bits per heavy atom. The fourth-order valence-corrected chi connectivity index (χ4v) is 2.67. The molecule has 0 aliphatic carbocycles. The quantitative estimate of drug-likeness (QED) is 0.634. The molecule has 6 heteroatoms. The van der Waals surface area contributed by atoms with Gasteiger partial charge in [0.15, 0.2) is 12.8 Å². The highest BCUT2D eigenvalue weighted by Crippen LogP contribution is 2.26. The van der Waals surface area contributed by atoms with Crippen LogP contribution in [0.5, 0.6) is 5.88 Å².